The highest BCUT2D eigenvalue weighted by molar-refractivity contribution is 7.13. The summed E-state index contributed by atoms with van der Waals surface area (Å²) in [5, 5.41) is 32.8. The molecule has 1 saturated heterocycles. The van der Waals surface area contributed by atoms with E-state index in [1.165, 1.54) is 17.4 Å². The molecule has 2 unspecified atom stereocenters. The zero-order chi connectivity index (χ0) is 49.8. The van der Waals surface area contributed by atoms with Gasteiger partial charge in [-0.25, -0.2) is 4.98 Å². The van der Waals surface area contributed by atoms with Crippen molar-refractivity contribution >= 4 is 46.4 Å². The van der Waals surface area contributed by atoms with Crippen LogP contribution in [0.25, 0.3) is 10.4 Å². The number of nitrogens with zero attached hydrogens (tertiary/aromatic N) is 2. The first-order valence-electron chi connectivity index (χ1n) is 22.9. The number of phenolic OH excluding ortho intramolecular Hbond substituents is 1. The molecule has 0 radical (unpaired) electrons. The highest BCUT2D eigenvalue weighted by Crippen LogP contribution is 2.55. The third kappa shape index (κ3) is 11.4. The molecule has 5 N–H and O–H groups in total. The molecule has 69 heavy (non-hydrogen) atoms. The molecule has 0 spiro atoms. The van der Waals surface area contributed by atoms with Gasteiger partial charge in [-0.3, -0.25) is 19.2 Å². The van der Waals surface area contributed by atoms with Crippen LogP contribution in [0.15, 0.2) is 90.4 Å². The molecule has 2 fully saturated rings. The zero-order valence-corrected chi connectivity index (χ0v) is 41.6. The number of thiazole rings is 1. The number of halogens is 1. The maximum atomic E-state index is 14.5. The standard InChI is InChI=1S/C53H59ClN6O8S/c1-30-45(69-29-57-30)38-22-16-33(24-41(38)61)43(59-48(65)40-10-9-23-56-40)44(63)46(51(2,3)4)58-42(62)28-66-27-31-11-17-35(18-12-31)67-36-19-13-32(14-20-36)47(64)60-49-52(5,6)50(53(49,7)8)68-37-21-15-34(26-55)39(54)25-37/h11-22,24-25,29,40,43,46,49-50,56,61H,9-10,23,27-28H2,1-8H3,(H,58,62)(H,59,65)(H,60,64)/t40?,43?,46-,49?,50?/m1/s1. The number of carbonyl (C=O) groups is 4. The van der Waals surface area contributed by atoms with Crippen LogP contribution in [0.4, 0.5) is 0 Å². The topological polar surface area (TPSA) is 201 Å². The van der Waals surface area contributed by atoms with Crippen molar-refractivity contribution < 1.29 is 38.5 Å². The molecule has 5 aromatic rings. The van der Waals surface area contributed by atoms with Gasteiger partial charge in [-0.15, -0.1) is 11.3 Å². The van der Waals surface area contributed by atoms with Gasteiger partial charge in [-0.05, 0) is 104 Å². The number of hydrogen-bond donors (Lipinski definition) is 5. The Bertz CT molecular complexity index is 2720. The molecule has 7 rings (SSSR count). The van der Waals surface area contributed by atoms with E-state index < -0.39 is 46.1 Å². The molecule has 2 aliphatic rings. The van der Waals surface area contributed by atoms with Crippen LogP contribution < -0.4 is 30.7 Å². The molecule has 1 aliphatic heterocycles. The Morgan fingerprint density at radius 1 is 0.942 bits per heavy atom. The lowest BCUT2D eigenvalue weighted by Crippen LogP contribution is -2.74. The number of aromatic nitrogens is 1. The predicted octanol–water partition coefficient (Wildman–Crippen LogP) is 8.98. The second kappa shape index (κ2) is 20.7. The molecule has 1 aliphatic carbocycles. The van der Waals surface area contributed by atoms with E-state index in [0.717, 1.165) is 22.6 Å². The van der Waals surface area contributed by atoms with Crippen LogP contribution >= 0.6 is 22.9 Å². The SMILES string of the molecule is Cc1ncsc1-c1ccc(C(NC(=O)C2CCCN2)C(=O)[C@@H](NC(=O)COCc2ccc(Oc3ccc(C(=O)NC4C(C)(C)C(Oc5ccc(C#N)c(Cl)c5)C4(C)C)cc3)cc2)C(C)(C)C)cc1O. The van der Waals surface area contributed by atoms with Crippen molar-refractivity contribution in [3.8, 4) is 39.5 Å². The Morgan fingerprint density at radius 2 is 1.61 bits per heavy atom. The minimum atomic E-state index is -1.16. The molecule has 3 atom stereocenters. The summed E-state index contributed by atoms with van der Waals surface area (Å²) in [6, 6.07) is 23.2. The normalized spacial score (nSPS) is 19.0. The second-order valence-electron chi connectivity index (χ2n) is 20.0. The fourth-order valence-corrected chi connectivity index (χ4v) is 10.6. The quantitative estimate of drug-likeness (QED) is 0.0596. The number of amides is 3. The third-order valence-electron chi connectivity index (χ3n) is 13.0. The second-order valence-corrected chi connectivity index (χ2v) is 21.2. The van der Waals surface area contributed by atoms with Crippen LogP contribution in [0.1, 0.15) is 100 Å². The number of ether oxygens (including phenoxy) is 3. The number of hydrogen-bond acceptors (Lipinski definition) is 12. The fraction of sp³-hybridized carbons (Fsp3) is 0.396. The molecule has 2 heterocycles. The predicted molar refractivity (Wildman–Crippen MR) is 264 cm³/mol. The van der Waals surface area contributed by atoms with Gasteiger partial charge in [0.25, 0.3) is 5.91 Å². The summed E-state index contributed by atoms with van der Waals surface area (Å²) < 4.78 is 18.2. The van der Waals surface area contributed by atoms with Crippen LogP contribution in [0.5, 0.6) is 23.0 Å². The Morgan fingerprint density at radius 3 is 2.19 bits per heavy atom. The number of nitrogens with one attached hydrogen (secondary N) is 4. The number of rotatable bonds is 17. The number of benzene rings is 4. The fourth-order valence-electron chi connectivity index (χ4n) is 9.57. The molecule has 362 valence electrons. The van der Waals surface area contributed by atoms with Gasteiger partial charge in [0.2, 0.25) is 11.8 Å². The van der Waals surface area contributed by atoms with Gasteiger partial charge in [0, 0.05) is 34.1 Å². The van der Waals surface area contributed by atoms with Crippen LogP contribution in [0, 0.1) is 34.5 Å². The maximum Gasteiger partial charge on any atom is 0.251 e. The van der Waals surface area contributed by atoms with E-state index in [4.69, 9.17) is 25.8 Å². The molecule has 4 aromatic carbocycles. The first-order valence-corrected chi connectivity index (χ1v) is 24.1. The van der Waals surface area contributed by atoms with Crippen LogP contribution in [-0.4, -0.2) is 71.0 Å². The highest BCUT2D eigenvalue weighted by Gasteiger charge is 2.64. The summed E-state index contributed by atoms with van der Waals surface area (Å²) in [5.41, 5.74) is 3.45. The monoisotopic (exact) mass is 974 g/mol. The van der Waals surface area contributed by atoms with E-state index in [9.17, 15) is 29.5 Å². The molecule has 3 amide bonds. The van der Waals surface area contributed by atoms with Crippen molar-refractivity contribution in [1.82, 2.24) is 26.3 Å². The number of aromatic hydroxyl groups is 1. The van der Waals surface area contributed by atoms with Gasteiger partial charge in [0.1, 0.15) is 47.8 Å². The largest absolute Gasteiger partial charge is 0.507 e. The number of aryl methyl sites for hydroxylation is 1. The lowest BCUT2D eigenvalue weighted by molar-refractivity contribution is -0.164. The van der Waals surface area contributed by atoms with E-state index in [1.54, 1.807) is 72.2 Å². The van der Waals surface area contributed by atoms with Gasteiger partial charge < -0.3 is 40.6 Å². The highest BCUT2D eigenvalue weighted by atomic mass is 35.5. The van der Waals surface area contributed by atoms with Gasteiger partial charge in [-0.2, -0.15) is 5.26 Å². The van der Waals surface area contributed by atoms with E-state index in [2.05, 4.69) is 32.3 Å². The van der Waals surface area contributed by atoms with Gasteiger partial charge in [-0.1, -0.05) is 78.3 Å². The number of phenols is 1. The summed E-state index contributed by atoms with van der Waals surface area (Å²) in [6.45, 7) is 16.0. The zero-order valence-electron chi connectivity index (χ0n) is 40.1. The van der Waals surface area contributed by atoms with Crippen LogP contribution in [0.2, 0.25) is 5.02 Å². The average molecular weight is 976 g/mol. The number of ketones is 1. The molecular formula is C53H59ClN6O8S. The van der Waals surface area contributed by atoms with Gasteiger partial charge in [0.15, 0.2) is 5.78 Å². The van der Waals surface area contributed by atoms with Crippen molar-refractivity contribution in [2.24, 2.45) is 16.2 Å². The van der Waals surface area contributed by atoms with E-state index in [0.29, 0.717) is 57.5 Å². The smallest absolute Gasteiger partial charge is 0.251 e. The van der Waals surface area contributed by atoms with Crippen molar-refractivity contribution in [3.05, 3.63) is 123 Å². The van der Waals surface area contributed by atoms with Crippen molar-refractivity contribution in [3.63, 3.8) is 0 Å². The lowest BCUT2D eigenvalue weighted by Gasteiger charge is -2.63. The Hall–Kier alpha value is -6.31. The summed E-state index contributed by atoms with van der Waals surface area (Å²) in [4.78, 5) is 59.9. The first kappa shape index (κ1) is 50.6. The molecular weight excluding hydrogens is 916 g/mol. The van der Waals surface area contributed by atoms with Crippen molar-refractivity contribution in [2.75, 3.05) is 13.2 Å². The molecule has 1 saturated carbocycles. The van der Waals surface area contributed by atoms with E-state index in [1.807, 2.05) is 67.5 Å². The summed E-state index contributed by atoms with van der Waals surface area (Å²) in [5.74, 6) is 0.0917. The average Bonchev–Trinajstić information content (AvgIpc) is 4.01. The Kier molecular flexibility index (Phi) is 15.2. The third-order valence-corrected chi connectivity index (χ3v) is 14.2. The minimum Gasteiger partial charge on any atom is -0.507 e. The van der Waals surface area contributed by atoms with E-state index >= 15 is 0 Å². The number of nitriles is 1. The molecule has 16 heteroatoms. The number of carbonyl (C=O) groups excluding carboxylic acids is 4. The van der Waals surface area contributed by atoms with Gasteiger partial charge in [0.05, 0.1) is 45.4 Å². The van der Waals surface area contributed by atoms with E-state index in [-0.39, 0.29) is 42.9 Å². The minimum absolute atomic E-state index is 0.0553. The van der Waals surface area contributed by atoms with Crippen molar-refractivity contribution in [2.45, 2.75) is 105 Å². The molecule has 14 nitrogen and oxygen atoms in total. The summed E-state index contributed by atoms with van der Waals surface area (Å²) in [7, 11) is 0. The Balaban J connectivity index is 0.916. The molecule has 1 aromatic heterocycles. The first-order chi connectivity index (χ1) is 32.7. The molecule has 0 bridgehead atoms. The van der Waals surface area contributed by atoms with Crippen LogP contribution in [-0.2, 0) is 25.7 Å². The van der Waals surface area contributed by atoms with Crippen LogP contribution in [0.3, 0.4) is 0 Å². The van der Waals surface area contributed by atoms with Crippen molar-refractivity contribution in [1.29, 1.82) is 5.26 Å². The Labute approximate surface area is 412 Å². The lowest BCUT2D eigenvalue weighted by atomic mass is 9.49. The maximum absolute atomic E-state index is 14.5. The summed E-state index contributed by atoms with van der Waals surface area (Å²) >= 11 is 7.64. The summed E-state index contributed by atoms with van der Waals surface area (Å²) in [6.07, 6.45) is 1.22. The number of Topliss-reactive ketones (excluding diaryl/α,β-unsaturated/α-hetero) is 1. The van der Waals surface area contributed by atoms with Gasteiger partial charge >= 0.3 is 0 Å².